The van der Waals surface area contributed by atoms with E-state index in [1.165, 1.54) is 7.11 Å². The molecule has 0 aromatic rings. The molecule has 0 amide bonds. The quantitative estimate of drug-likeness (QED) is 0.742. The van der Waals surface area contributed by atoms with Crippen molar-refractivity contribution in [2.75, 3.05) is 26.8 Å². The Kier molecular flexibility index (Phi) is 5.52. The highest BCUT2D eigenvalue weighted by molar-refractivity contribution is 5.85. The summed E-state index contributed by atoms with van der Waals surface area (Å²) in [4.78, 5) is 11.5. The number of carbonyl (C=O) groups is 1. The van der Waals surface area contributed by atoms with E-state index < -0.39 is 0 Å². The van der Waals surface area contributed by atoms with Crippen LogP contribution < -0.4 is 5.32 Å². The van der Waals surface area contributed by atoms with Crippen molar-refractivity contribution in [1.82, 2.24) is 5.32 Å². The van der Waals surface area contributed by atoms with Crippen LogP contribution in [0.5, 0.6) is 0 Å². The van der Waals surface area contributed by atoms with Gasteiger partial charge in [0.1, 0.15) is 0 Å². The van der Waals surface area contributed by atoms with Crippen molar-refractivity contribution in [3.63, 3.8) is 0 Å². The Balaban J connectivity index is 0.00000128. The second kappa shape index (κ2) is 6.42. The molecule has 5 heteroatoms. The van der Waals surface area contributed by atoms with E-state index in [4.69, 9.17) is 9.47 Å². The van der Waals surface area contributed by atoms with Crippen LogP contribution in [0.15, 0.2) is 0 Å². The summed E-state index contributed by atoms with van der Waals surface area (Å²) >= 11 is 0. The lowest BCUT2D eigenvalue weighted by atomic mass is 9.85. The molecule has 0 aliphatic carbocycles. The van der Waals surface area contributed by atoms with E-state index >= 15 is 0 Å². The normalized spacial score (nSPS) is 30.8. The molecule has 0 saturated carbocycles. The highest BCUT2D eigenvalue weighted by Gasteiger charge is 2.40. The van der Waals surface area contributed by atoms with Gasteiger partial charge in [0.05, 0.1) is 19.1 Å². The summed E-state index contributed by atoms with van der Waals surface area (Å²) in [6.45, 7) is 2.78. The molecule has 0 aromatic heterocycles. The van der Waals surface area contributed by atoms with Gasteiger partial charge in [-0.1, -0.05) is 0 Å². The number of methoxy groups -OCH3 is 1. The van der Waals surface area contributed by atoms with Crippen LogP contribution in [-0.4, -0.2) is 38.9 Å². The number of halogens is 1. The number of ether oxygens (including phenoxy) is 2. The number of piperidine rings is 1. The monoisotopic (exact) mass is 249 g/mol. The molecule has 0 radical (unpaired) electrons. The van der Waals surface area contributed by atoms with Crippen molar-refractivity contribution < 1.29 is 14.3 Å². The fraction of sp³-hybridized carbons (Fsp3) is 0.909. The molecular weight excluding hydrogens is 230 g/mol. The van der Waals surface area contributed by atoms with Crippen LogP contribution in [0.2, 0.25) is 0 Å². The second-order valence-corrected chi connectivity index (χ2v) is 4.34. The van der Waals surface area contributed by atoms with Gasteiger partial charge in [-0.05, 0) is 38.3 Å². The Morgan fingerprint density at radius 1 is 1.31 bits per heavy atom. The van der Waals surface area contributed by atoms with E-state index in [2.05, 4.69) is 5.32 Å². The molecule has 0 bridgehead atoms. The molecule has 1 N–H and O–H groups in total. The predicted molar refractivity (Wildman–Crippen MR) is 62.7 cm³/mol. The summed E-state index contributed by atoms with van der Waals surface area (Å²) in [6, 6.07) is 0. The van der Waals surface area contributed by atoms with Crippen molar-refractivity contribution >= 4 is 18.4 Å². The summed E-state index contributed by atoms with van der Waals surface area (Å²) in [7, 11) is 1.46. The van der Waals surface area contributed by atoms with Crippen LogP contribution in [0.25, 0.3) is 0 Å². The molecule has 2 heterocycles. The molecule has 0 aromatic carbocycles. The van der Waals surface area contributed by atoms with Crippen LogP contribution in [0.1, 0.15) is 19.3 Å². The predicted octanol–water partition coefficient (Wildman–Crippen LogP) is 0.986. The number of hydrogen-bond donors (Lipinski definition) is 1. The number of carbonyl (C=O) groups excluding carboxylic acids is 1. The van der Waals surface area contributed by atoms with Gasteiger partial charge in [0.25, 0.3) is 0 Å². The largest absolute Gasteiger partial charge is 0.469 e. The highest BCUT2D eigenvalue weighted by Crippen LogP contribution is 2.32. The molecule has 0 unspecified atom stereocenters. The number of esters is 1. The summed E-state index contributed by atoms with van der Waals surface area (Å²) in [5.74, 6) is 0.395. The molecular formula is C11H20ClNO3. The zero-order valence-electron chi connectivity index (χ0n) is 9.61. The van der Waals surface area contributed by atoms with Crippen LogP contribution in [0.4, 0.5) is 0 Å². The van der Waals surface area contributed by atoms with Crippen LogP contribution >= 0.6 is 12.4 Å². The Labute approximate surface area is 102 Å². The molecule has 2 rings (SSSR count). The third kappa shape index (κ3) is 2.87. The van der Waals surface area contributed by atoms with E-state index in [0.29, 0.717) is 12.5 Å². The van der Waals surface area contributed by atoms with Gasteiger partial charge in [0.2, 0.25) is 0 Å². The lowest BCUT2D eigenvalue weighted by Gasteiger charge is -2.29. The van der Waals surface area contributed by atoms with E-state index in [9.17, 15) is 4.79 Å². The number of nitrogens with one attached hydrogen (secondary N) is 1. The van der Waals surface area contributed by atoms with Crippen molar-refractivity contribution in [3.8, 4) is 0 Å². The first kappa shape index (κ1) is 13.7. The first-order valence-electron chi connectivity index (χ1n) is 5.73. The van der Waals surface area contributed by atoms with E-state index in [1.54, 1.807) is 0 Å². The zero-order valence-corrected chi connectivity index (χ0v) is 10.4. The average Bonchev–Trinajstić information content (AvgIpc) is 2.78. The minimum atomic E-state index is -0.101. The van der Waals surface area contributed by atoms with E-state index in [0.717, 1.165) is 32.4 Å². The fourth-order valence-electron chi connectivity index (χ4n) is 2.65. The molecule has 16 heavy (non-hydrogen) atoms. The number of rotatable bonds is 2. The van der Waals surface area contributed by atoms with Crippen molar-refractivity contribution in [3.05, 3.63) is 0 Å². The van der Waals surface area contributed by atoms with Crippen molar-refractivity contribution in [2.45, 2.75) is 25.4 Å². The standard InChI is InChI=1S/C11H19NO3.ClH/c1-14-11(13)9-4-7-15-10(9)8-2-5-12-6-3-8;/h8-10,12H,2-7H2,1H3;1H/t9-,10+;/m0./s1. The SMILES string of the molecule is COC(=O)[C@H]1CCO[C@@H]1C1CCNCC1.Cl. The maximum atomic E-state index is 11.5. The molecule has 2 atom stereocenters. The lowest BCUT2D eigenvalue weighted by molar-refractivity contribution is -0.148. The number of hydrogen-bond acceptors (Lipinski definition) is 4. The van der Waals surface area contributed by atoms with Gasteiger partial charge >= 0.3 is 5.97 Å². The third-order valence-corrected chi connectivity index (χ3v) is 3.49. The topological polar surface area (TPSA) is 47.6 Å². The first-order valence-corrected chi connectivity index (χ1v) is 5.73. The second-order valence-electron chi connectivity index (χ2n) is 4.34. The van der Waals surface area contributed by atoms with Gasteiger partial charge in [-0.15, -0.1) is 12.4 Å². The molecule has 2 saturated heterocycles. The van der Waals surface area contributed by atoms with E-state index in [-0.39, 0.29) is 30.4 Å². The van der Waals surface area contributed by atoms with Gasteiger partial charge in [-0.2, -0.15) is 0 Å². The van der Waals surface area contributed by atoms with Gasteiger partial charge in [-0.25, -0.2) is 0 Å². The lowest BCUT2D eigenvalue weighted by Crippen LogP contribution is -2.38. The maximum absolute atomic E-state index is 11.5. The summed E-state index contributed by atoms with van der Waals surface area (Å²) in [5, 5.41) is 3.32. The molecule has 0 spiro atoms. The van der Waals surface area contributed by atoms with Crippen molar-refractivity contribution in [1.29, 1.82) is 0 Å². The minimum absolute atomic E-state index is 0. The Morgan fingerprint density at radius 2 is 2.00 bits per heavy atom. The first-order chi connectivity index (χ1) is 7.33. The van der Waals surface area contributed by atoms with Crippen LogP contribution in [-0.2, 0) is 14.3 Å². The van der Waals surface area contributed by atoms with Crippen molar-refractivity contribution in [2.24, 2.45) is 11.8 Å². The Morgan fingerprint density at radius 3 is 2.62 bits per heavy atom. The smallest absolute Gasteiger partial charge is 0.311 e. The van der Waals surface area contributed by atoms with Gasteiger partial charge in [-0.3, -0.25) is 4.79 Å². The van der Waals surface area contributed by atoms with Crippen LogP contribution in [0.3, 0.4) is 0 Å². The summed E-state index contributed by atoms with van der Waals surface area (Å²) in [6.07, 6.45) is 3.14. The average molecular weight is 250 g/mol. The molecule has 2 aliphatic rings. The molecule has 2 fully saturated rings. The summed E-state index contributed by atoms with van der Waals surface area (Å²) < 4.78 is 10.5. The minimum Gasteiger partial charge on any atom is -0.469 e. The fourth-order valence-corrected chi connectivity index (χ4v) is 2.65. The van der Waals surface area contributed by atoms with Gasteiger partial charge in [0.15, 0.2) is 0 Å². The molecule has 4 nitrogen and oxygen atoms in total. The Bertz CT molecular complexity index is 231. The summed E-state index contributed by atoms with van der Waals surface area (Å²) in [5.41, 5.74) is 0. The molecule has 94 valence electrons. The maximum Gasteiger partial charge on any atom is 0.311 e. The van der Waals surface area contributed by atoms with Gasteiger partial charge in [0, 0.05) is 6.61 Å². The molecule has 2 aliphatic heterocycles. The third-order valence-electron chi connectivity index (χ3n) is 3.49. The zero-order chi connectivity index (χ0) is 10.7. The van der Waals surface area contributed by atoms with E-state index in [1.807, 2.05) is 0 Å². The van der Waals surface area contributed by atoms with Crippen LogP contribution in [0, 0.1) is 11.8 Å². The highest BCUT2D eigenvalue weighted by atomic mass is 35.5. The van der Waals surface area contributed by atoms with Gasteiger partial charge < -0.3 is 14.8 Å². The Hall–Kier alpha value is -0.320.